The quantitative estimate of drug-likeness (QED) is 0.370. The highest BCUT2D eigenvalue weighted by Gasteiger charge is 2.19. The van der Waals surface area contributed by atoms with Gasteiger partial charge in [0.25, 0.3) is 17.5 Å². The molecule has 0 bridgehead atoms. The molecule has 0 atom stereocenters. The van der Waals surface area contributed by atoms with Crippen LogP contribution in [0, 0.1) is 10.1 Å². The average molecular weight is 421 g/mol. The zero-order valence-corrected chi connectivity index (χ0v) is 16.5. The van der Waals surface area contributed by atoms with Gasteiger partial charge in [0.2, 0.25) is 0 Å². The largest absolute Gasteiger partial charge is 0.497 e. The van der Waals surface area contributed by atoms with Crippen molar-refractivity contribution in [1.82, 2.24) is 10.6 Å². The Morgan fingerprint density at radius 3 is 2.03 bits per heavy atom. The predicted octanol–water partition coefficient (Wildman–Crippen LogP) is 1.17. The lowest BCUT2D eigenvalue weighted by Gasteiger charge is -2.09. The molecule has 2 N–H and O–H groups in total. The number of nitro benzene ring substituents is 1. The van der Waals surface area contributed by atoms with Gasteiger partial charge in [0.1, 0.15) is 5.75 Å². The lowest BCUT2D eigenvalue weighted by Crippen LogP contribution is -2.34. The molecule has 2 aromatic rings. The van der Waals surface area contributed by atoms with Crippen molar-refractivity contribution < 1.29 is 27.7 Å². The summed E-state index contributed by atoms with van der Waals surface area (Å²) in [7, 11) is -2.23. The van der Waals surface area contributed by atoms with E-state index in [1.807, 2.05) is 0 Å². The van der Waals surface area contributed by atoms with Gasteiger partial charge in [-0.25, -0.2) is 8.42 Å². The van der Waals surface area contributed by atoms with Crippen LogP contribution in [0.4, 0.5) is 5.69 Å². The number of nitro groups is 1. The summed E-state index contributed by atoms with van der Waals surface area (Å²) in [5.74, 6) is -0.437. The highest BCUT2D eigenvalue weighted by Crippen LogP contribution is 2.21. The van der Waals surface area contributed by atoms with Crippen molar-refractivity contribution in [1.29, 1.82) is 0 Å². The standard InChI is InChI=1S/C18H19N3O7S/c1-28-15-5-3-12(4-6-15)17(22)19-7-8-20-18(23)13-9-14(21(24)25)11-16(10-13)29(2,26)27/h3-6,9-11H,7-8H2,1-2H3,(H,19,22)(H,20,23). The summed E-state index contributed by atoms with van der Waals surface area (Å²) in [5.41, 5.74) is -0.263. The van der Waals surface area contributed by atoms with Gasteiger partial charge in [0.05, 0.1) is 16.9 Å². The molecule has 0 saturated carbocycles. The number of carbonyl (C=O) groups excluding carboxylic acids is 2. The summed E-state index contributed by atoms with van der Waals surface area (Å²) in [6.07, 6.45) is 0.891. The Labute approximate surface area is 166 Å². The molecule has 0 aliphatic heterocycles. The third kappa shape index (κ3) is 6.01. The fourth-order valence-corrected chi connectivity index (χ4v) is 3.01. The van der Waals surface area contributed by atoms with Gasteiger partial charge >= 0.3 is 0 Å². The number of non-ortho nitro benzene ring substituents is 1. The molecule has 0 radical (unpaired) electrons. The minimum absolute atomic E-state index is 0.0393. The summed E-state index contributed by atoms with van der Waals surface area (Å²) in [4.78, 5) is 34.1. The van der Waals surface area contributed by atoms with Gasteiger partial charge in [-0.1, -0.05) is 0 Å². The van der Waals surface area contributed by atoms with E-state index in [9.17, 15) is 28.1 Å². The number of nitrogens with one attached hydrogen (secondary N) is 2. The number of methoxy groups -OCH3 is 1. The van der Waals surface area contributed by atoms with E-state index < -0.39 is 26.4 Å². The number of amides is 2. The highest BCUT2D eigenvalue weighted by atomic mass is 32.2. The minimum Gasteiger partial charge on any atom is -0.497 e. The van der Waals surface area contributed by atoms with Crippen LogP contribution < -0.4 is 15.4 Å². The predicted molar refractivity (Wildman–Crippen MR) is 104 cm³/mol. The molecule has 0 aliphatic rings. The molecule has 0 spiro atoms. The Morgan fingerprint density at radius 1 is 1.00 bits per heavy atom. The van der Waals surface area contributed by atoms with Gasteiger partial charge < -0.3 is 15.4 Å². The number of hydrogen-bond acceptors (Lipinski definition) is 7. The first kappa shape index (κ1) is 21.8. The van der Waals surface area contributed by atoms with E-state index in [0.29, 0.717) is 11.3 Å². The normalized spacial score (nSPS) is 10.8. The summed E-state index contributed by atoms with van der Waals surface area (Å²) in [5, 5.41) is 16.1. The third-order valence-electron chi connectivity index (χ3n) is 3.84. The molecule has 29 heavy (non-hydrogen) atoms. The number of ether oxygens (including phenoxy) is 1. The fourth-order valence-electron chi connectivity index (χ4n) is 2.33. The van der Waals surface area contributed by atoms with Crippen molar-refractivity contribution >= 4 is 27.3 Å². The molecular formula is C18H19N3O7S. The van der Waals surface area contributed by atoms with Crippen molar-refractivity contribution in [2.24, 2.45) is 0 Å². The Kier molecular flexibility index (Phi) is 6.89. The van der Waals surface area contributed by atoms with Crippen LogP contribution >= 0.6 is 0 Å². The van der Waals surface area contributed by atoms with Crippen LogP contribution in [0.25, 0.3) is 0 Å². The lowest BCUT2D eigenvalue weighted by molar-refractivity contribution is -0.385. The first-order chi connectivity index (χ1) is 13.6. The van der Waals surface area contributed by atoms with Crippen molar-refractivity contribution in [3.63, 3.8) is 0 Å². The molecule has 10 nitrogen and oxygen atoms in total. The van der Waals surface area contributed by atoms with Crippen LogP contribution in [-0.4, -0.2) is 51.6 Å². The number of benzene rings is 2. The first-order valence-corrected chi connectivity index (χ1v) is 10.2. The molecule has 0 fully saturated rings. The number of carbonyl (C=O) groups is 2. The van der Waals surface area contributed by atoms with Crippen molar-refractivity contribution in [2.75, 3.05) is 26.5 Å². The van der Waals surface area contributed by atoms with Crippen LogP contribution in [0.5, 0.6) is 5.75 Å². The van der Waals surface area contributed by atoms with Crippen molar-refractivity contribution in [3.8, 4) is 5.75 Å². The maximum Gasteiger partial charge on any atom is 0.271 e. The summed E-state index contributed by atoms with van der Waals surface area (Å²) in [6, 6.07) is 9.39. The Morgan fingerprint density at radius 2 is 1.55 bits per heavy atom. The molecule has 0 aromatic heterocycles. The zero-order chi connectivity index (χ0) is 21.6. The third-order valence-corrected chi connectivity index (χ3v) is 4.93. The second-order valence-corrected chi connectivity index (χ2v) is 8.00. The number of sulfone groups is 1. The molecule has 11 heteroatoms. The van der Waals surface area contributed by atoms with Crippen LogP contribution in [0.2, 0.25) is 0 Å². The molecule has 0 aliphatic carbocycles. The molecule has 0 saturated heterocycles. The monoisotopic (exact) mass is 421 g/mol. The van der Waals surface area contributed by atoms with Crippen LogP contribution in [0.1, 0.15) is 20.7 Å². The van der Waals surface area contributed by atoms with E-state index in [1.54, 1.807) is 24.3 Å². The maximum absolute atomic E-state index is 12.2. The van der Waals surface area contributed by atoms with E-state index in [2.05, 4.69) is 10.6 Å². The van der Waals surface area contributed by atoms with E-state index in [-0.39, 0.29) is 29.5 Å². The second kappa shape index (κ2) is 9.15. The van der Waals surface area contributed by atoms with Crippen LogP contribution in [-0.2, 0) is 9.84 Å². The molecule has 2 amide bonds. The van der Waals surface area contributed by atoms with E-state index in [4.69, 9.17) is 4.74 Å². The van der Waals surface area contributed by atoms with Crippen molar-refractivity contribution in [3.05, 3.63) is 63.7 Å². The van der Waals surface area contributed by atoms with Gasteiger partial charge in [-0.05, 0) is 30.3 Å². The van der Waals surface area contributed by atoms with Gasteiger partial charge in [0, 0.05) is 42.6 Å². The highest BCUT2D eigenvalue weighted by molar-refractivity contribution is 7.90. The van der Waals surface area contributed by atoms with Gasteiger partial charge in [-0.2, -0.15) is 0 Å². The van der Waals surface area contributed by atoms with Crippen LogP contribution in [0.3, 0.4) is 0 Å². The molecule has 0 heterocycles. The number of rotatable bonds is 8. The Bertz CT molecular complexity index is 1030. The van der Waals surface area contributed by atoms with Gasteiger partial charge in [0.15, 0.2) is 9.84 Å². The van der Waals surface area contributed by atoms with Gasteiger partial charge in [-0.15, -0.1) is 0 Å². The molecule has 0 unspecified atom stereocenters. The number of nitrogens with zero attached hydrogens (tertiary/aromatic N) is 1. The second-order valence-electron chi connectivity index (χ2n) is 5.99. The van der Waals surface area contributed by atoms with E-state index >= 15 is 0 Å². The minimum atomic E-state index is -3.74. The van der Waals surface area contributed by atoms with Crippen LogP contribution in [0.15, 0.2) is 47.4 Å². The first-order valence-electron chi connectivity index (χ1n) is 8.32. The molecule has 2 aromatic carbocycles. The number of hydrogen-bond donors (Lipinski definition) is 2. The maximum atomic E-state index is 12.2. The summed E-state index contributed by atoms with van der Waals surface area (Å²) >= 11 is 0. The van der Waals surface area contributed by atoms with Gasteiger partial charge in [-0.3, -0.25) is 19.7 Å². The Balaban J connectivity index is 1.97. The fraction of sp³-hybridized carbons (Fsp3) is 0.222. The SMILES string of the molecule is COc1ccc(C(=O)NCCNC(=O)c2cc([N+](=O)[O-])cc(S(C)(=O)=O)c2)cc1. The zero-order valence-electron chi connectivity index (χ0n) is 15.7. The topological polar surface area (TPSA) is 145 Å². The Hall–Kier alpha value is -3.47. The summed E-state index contributed by atoms with van der Waals surface area (Å²) < 4.78 is 28.4. The molecule has 154 valence electrons. The van der Waals surface area contributed by atoms with E-state index in [1.165, 1.54) is 7.11 Å². The molecular weight excluding hydrogens is 402 g/mol. The smallest absolute Gasteiger partial charge is 0.271 e. The molecule has 2 rings (SSSR count). The summed E-state index contributed by atoms with van der Waals surface area (Å²) in [6.45, 7) is 0.141. The average Bonchev–Trinajstić information content (AvgIpc) is 2.69. The van der Waals surface area contributed by atoms with E-state index in [0.717, 1.165) is 24.5 Å². The lowest BCUT2D eigenvalue weighted by atomic mass is 10.2. The van der Waals surface area contributed by atoms with Crippen molar-refractivity contribution in [2.45, 2.75) is 4.90 Å².